The van der Waals surface area contributed by atoms with Crippen LogP contribution >= 0.6 is 15.9 Å². The number of aliphatic hydroxyl groups is 1. The molecule has 2 aromatic rings. The van der Waals surface area contributed by atoms with Crippen LogP contribution < -0.4 is 4.90 Å². The lowest BCUT2D eigenvalue weighted by molar-refractivity contribution is 0.199. The van der Waals surface area contributed by atoms with Crippen molar-refractivity contribution >= 4 is 27.3 Å². The number of anilines is 2. The molecule has 0 fully saturated rings. The second-order valence-corrected chi connectivity index (χ2v) is 6.63. The fraction of sp³-hybridized carbons (Fsp3) is 0.333. The molecule has 2 aromatic carbocycles. The number of nitrogens with zero attached hydrogens (tertiary/aromatic N) is 1. The molecule has 0 bridgehead atoms. The molecule has 3 rings (SSSR count). The molecule has 2 nitrogen and oxygen atoms in total. The summed E-state index contributed by atoms with van der Waals surface area (Å²) in [4.78, 5) is 2.40. The number of hydrogen-bond acceptors (Lipinski definition) is 2. The molecular formula is C18H20BrNO. The summed E-state index contributed by atoms with van der Waals surface area (Å²) in [5.74, 6) is 0. The van der Waals surface area contributed by atoms with Crippen LogP contribution in [0.15, 0.2) is 46.9 Å². The summed E-state index contributed by atoms with van der Waals surface area (Å²) in [7, 11) is 0. The highest BCUT2D eigenvalue weighted by Crippen LogP contribution is 2.40. The van der Waals surface area contributed by atoms with Crippen LogP contribution in [0.4, 0.5) is 11.4 Å². The Morgan fingerprint density at radius 1 is 1.19 bits per heavy atom. The summed E-state index contributed by atoms with van der Waals surface area (Å²) in [6, 6.07) is 15.2. The first-order valence-corrected chi connectivity index (χ1v) is 8.22. The van der Waals surface area contributed by atoms with Gasteiger partial charge in [-0.2, -0.15) is 0 Å². The van der Waals surface area contributed by atoms with Crippen molar-refractivity contribution in [2.45, 2.75) is 38.8 Å². The quantitative estimate of drug-likeness (QED) is 0.829. The summed E-state index contributed by atoms with van der Waals surface area (Å²) >= 11 is 3.68. The lowest BCUT2D eigenvalue weighted by Gasteiger charge is -2.37. The van der Waals surface area contributed by atoms with Gasteiger partial charge in [-0.25, -0.2) is 0 Å². The van der Waals surface area contributed by atoms with Crippen LogP contribution in [-0.2, 0) is 6.42 Å². The molecular weight excluding hydrogens is 326 g/mol. The van der Waals surface area contributed by atoms with Gasteiger partial charge in [0.15, 0.2) is 0 Å². The lowest BCUT2D eigenvalue weighted by atomic mass is 9.95. The fourth-order valence-corrected chi connectivity index (χ4v) is 3.62. The molecule has 21 heavy (non-hydrogen) atoms. The monoisotopic (exact) mass is 345 g/mol. The molecule has 0 aromatic heterocycles. The van der Waals surface area contributed by atoms with Crippen LogP contribution in [0.2, 0.25) is 0 Å². The summed E-state index contributed by atoms with van der Waals surface area (Å²) in [6.07, 6.45) is 1.85. The summed E-state index contributed by atoms with van der Waals surface area (Å²) in [5, 5.41) is 9.72. The third kappa shape index (κ3) is 2.72. The smallest absolute Gasteiger partial charge is 0.0762 e. The normalized spacial score (nSPS) is 19.2. The third-order valence-electron chi connectivity index (χ3n) is 4.24. The van der Waals surface area contributed by atoms with E-state index in [2.05, 4.69) is 58.1 Å². The topological polar surface area (TPSA) is 23.5 Å². The van der Waals surface area contributed by atoms with Gasteiger partial charge in [-0.05, 0) is 71.9 Å². The van der Waals surface area contributed by atoms with E-state index in [9.17, 15) is 5.11 Å². The second kappa shape index (κ2) is 5.82. The number of halogens is 1. The number of hydrogen-bond donors (Lipinski definition) is 1. The minimum Gasteiger partial charge on any atom is -0.389 e. The minimum atomic E-state index is -0.443. The van der Waals surface area contributed by atoms with Gasteiger partial charge in [-0.3, -0.25) is 0 Å². The zero-order valence-corrected chi connectivity index (χ0v) is 14.0. The molecule has 1 aliphatic heterocycles. The van der Waals surface area contributed by atoms with Gasteiger partial charge >= 0.3 is 0 Å². The van der Waals surface area contributed by atoms with Gasteiger partial charge in [0.2, 0.25) is 0 Å². The average molecular weight is 346 g/mol. The van der Waals surface area contributed by atoms with Crippen LogP contribution in [0.25, 0.3) is 0 Å². The number of para-hydroxylation sites is 1. The summed E-state index contributed by atoms with van der Waals surface area (Å²) in [6.45, 7) is 4.06. The Bertz CT molecular complexity index is 653. The van der Waals surface area contributed by atoms with Crippen LogP contribution in [-0.4, -0.2) is 11.1 Å². The second-order valence-electron chi connectivity index (χ2n) is 5.77. The van der Waals surface area contributed by atoms with Gasteiger partial charge in [0, 0.05) is 16.2 Å². The van der Waals surface area contributed by atoms with E-state index in [0.717, 1.165) is 22.9 Å². The van der Waals surface area contributed by atoms with E-state index in [-0.39, 0.29) is 0 Å². The van der Waals surface area contributed by atoms with Crippen molar-refractivity contribution in [1.82, 2.24) is 0 Å². The van der Waals surface area contributed by atoms with Crippen molar-refractivity contribution in [3.63, 3.8) is 0 Å². The first-order valence-electron chi connectivity index (χ1n) is 7.42. The molecule has 110 valence electrons. The van der Waals surface area contributed by atoms with Crippen LogP contribution in [0.1, 0.15) is 37.5 Å². The Morgan fingerprint density at radius 2 is 1.95 bits per heavy atom. The zero-order valence-electron chi connectivity index (χ0n) is 12.4. The molecule has 0 radical (unpaired) electrons. The Hall–Kier alpha value is -1.32. The third-order valence-corrected chi connectivity index (χ3v) is 4.87. The maximum atomic E-state index is 9.72. The average Bonchev–Trinajstić information content (AvgIpc) is 2.48. The number of benzene rings is 2. The van der Waals surface area contributed by atoms with Crippen molar-refractivity contribution in [2.24, 2.45) is 0 Å². The largest absolute Gasteiger partial charge is 0.389 e. The fourth-order valence-electron chi connectivity index (χ4n) is 3.03. The molecule has 1 N–H and O–H groups in total. The Kier molecular flexibility index (Phi) is 4.05. The predicted octanol–water partition coefficient (Wildman–Crippen LogP) is 4.98. The molecule has 0 saturated carbocycles. The van der Waals surface area contributed by atoms with Crippen molar-refractivity contribution in [2.75, 3.05) is 4.90 Å². The Labute approximate surface area is 134 Å². The molecule has 2 atom stereocenters. The standard InChI is InChI=1S/C18H20BrNO/c1-12-7-8-14-5-3-4-6-17(14)20(12)18-10-9-15(13(2)21)11-16(18)19/h3-6,9-13,21H,7-8H2,1-2H3. The van der Waals surface area contributed by atoms with Crippen molar-refractivity contribution in [3.8, 4) is 0 Å². The van der Waals surface area contributed by atoms with Crippen LogP contribution in [0.5, 0.6) is 0 Å². The molecule has 2 unspecified atom stereocenters. The molecule has 1 heterocycles. The molecule has 0 saturated heterocycles. The lowest BCUT2D eigenvalue weighted by Crippen LogP contribution is -2.33. The van der Waals surface area contributed by atoms with Crippen molar-refractivity contribution in [1.29, 1.82) is 0 Å². The van der Waals surface area contributed by atoms with Gasteiger partial charge in [0.1, 0.15) is 0 Å². The summed E-state index contributed by atoms with van der Waals surface area (Å²) in [5.41, 5.74) is 4.80. The van der Waals surface area contributed by atoms with E-state index < -0.39 is 6.10 Å². The van der Waals surface area contributed by atoms with Gasteiger partial charge < -0.3 is 10.0 Å². The number of rotatable bonds is 2. The first kappa shape index (κ1) is 14.6. The SMILES string of the molecule is CC(O)c1ccc(N2c3ccccc3CCC2C)c(Br)c1. The van der Waals surface area contributed by atoms with E-state index in [1.54, 1.807) is 6.92 Å². The highest BCUT2D eigenvalue weighted by atomic mass is 79.9. The van der Waals surface area contributed by atoms with Gasteiger partial charge in [-0.1, -0.05) is 24.3 Å². The maximum Gasteiger partial charge on any atom is 0.0762 e. The highest BCUT2D eigenvalue weighted by Gasteiger charge is 2.25. The maximum absolute atomic E-state index is 9.72. The molecule has 0 aliphatic carbocycles. The molecule has 3 heteroatoms. The number of fused-ring (bicyclic) bond motifs is 1. The predicted molar refractivity (Wildman–Crippen MR) is 91.1 cm³/mol. The van der Waals surface area contributed by atoms with E-state index in [0.29, 0.717) is 6.04 Å². The zero-order chi connectivity index (χ0) is 15.0. The van der Waals surface area contributed by atoms with Gasteiger partial charge in [0.25, 0.3) is 0 Å². The molecule has 0 amide bonds. The van der Waals surface area contributed by atoms with E-state index in [1.165, 1.54) is 16.9 Å². The van der Waals surface area contributed by atoms with E-state index in [4.69, 9.17) is 0 Å². The number of aliphatic hydroxyl groups excluding tert-OH is 1. The van der Waals surface area contributed by atoms with E-state index in [1.807, 2.05) is 12.1 Å². The Balaban J connectivity index is 2.07. The van der Waals surface area contributed by atoms with Crippen molar-refractivity contribution in [3.05, 3.63) is 58.1 Å². The number of aryl methyl sites for hydroxylation is 1. The minimum absolute atomic E-state index is 0.443. The highest BCUT2D eigenvalue weighted by molar-refractivity contribution is 9.10. The van der Waals surface area contributed by atoms with E-state index >= 15 is 0 Å². The van der Waals surface area contributed by atoms with Crippen LogP contribution in [0.3, 0.4) is 0 Å². The van der Waals surface area contributed by atoms with Gasteiger partial charge in [0.05, 0.1) is 11.8 Å². The van der Waals surface area contributed by atoms with Crippen LogP contribution in [0, 0.1) is 0 Å². The molecule has 1 aliphatic rings. The first-order chi connectivity index (χ1) is 10.1. The molecule has 0 spiro atoms. The van der Waals surface area contributed by atoms with Crippen molar-refractivity contribution < 1.29 is 5.11 Å². The van der Waals surface area contributed by atoms with Gasteiger partial charge in [-0.15, -0.1) is 0 Å². The Morgan fingerprint density at radius 3 is 2.67 bits per heavy atom. The summed E-state index contributed by atoms with van der Waals surface area (Å²) < 4.78 is 1.03.